The molecule has 0 aliphatic heterocycles. The smallest absolute Gasteiger partial charge is 0.106 e. The molecule has 91 valence electrons. The molecule has 4 fully saturated rings. The van der Waals surface area contributed by atoms with E-state index in [9.17, 15) is 5.11 Å². The lowest BCUT2D eigenvalue weighted by molar-refractivity contribution is -0.0709. The maximum Gasteiger partial charge on any atom is 0.106 e. The van der Waals surface area contributed by atoms with Gasteiger partial charge in [-0.2, -0.15) is 0 Å². The van der Waals surface area contributed by atoms with E-state index in [0.29, 0.717) is 12.0 Å². The molecule has 2 heteroatoms. The minimum Gasteiger partial charge on any atom is -0.379 e. The van der Waals surface area contributed by atoms with Gasteiger partial charge in [0.25, 0.3) is 0 Å². The van der Waals surface area contributed by atoms with Gasteiger partial charge in [0.15, 0.2) is 0 Å². The second kappa shape index (κ2) is 4.30. The topological polar surface area (TPSA) is 29.1 Å². The van der Waals surface area contributed by atoms with Gasteiger partial charge in [-0.3, -0.25) is 0 Å². The molecule has 0 aromatic rings. The number of hydrogen-bond donors (Lipinski definition) is 0. The molecule has 0 unspecified atom stereocenters. The number of hydrogen-bond acceptors (Lipinski definition) is 1. The van der Waals surface area contributed by atoms with Gasteiger partial charge in [-0.25, -0.2) is 5.11 Å². The van der Waals surface area contributed by atoms with Gasteiger partial charge < -0.3 is 4.74 Å². The van der Waals surface area contributed by atoms with E-state index in [0.717, 1.165) is 24.4 Å². The minimum absolute atomic E-state index is 0.0825. The molecular weight excluding hydrogens is 200 g/mol. The summed E-state index contributed by atoms with van der Waals surface area (Å²) in [5.41, 5.74) is 0.623. The van der Waals surface area contributed by atoms with Gasteiger partial charge in [0.05, 0.1) is 6.61 Å². The van der Waals surface area contributed by atoms with E-state index in [-0.39, 0.29) is 6.61 Å². The van der Waals surface area contributed by atoms with Crippen molar-refractivity contribution in [2.24, 2.45) is 23.2 Å². The van der Waals surface area contributed by atoms with Gasteiger partial charge in [-0.15, -0.1) is 0 Å². The average molecular weight is 223 g/mol. The van der Waals surface area contributed by atoms with Crippen LogP contribution in [0.5, 0.6) is 0 Å². The summed E-state index contributed by atoms with van der Waals surface area (Å²) >= 11 is 0. The standard InChI is InChI=1S/C14H23O2/c15-2-4-16-3-1-14-8-11-5-12(9-14)7-13(6-11)10-14/h11-13H,1-10H2. The van der Waals surface area contributed by atoms with Crippen molar-refractivity contribution < 1.29 is 9.84 Å². The van der Waals surface area contributed by atoms with Crippen LogP contribution in [-0.2, 0) is 9.84 Å². The highest BCUT2D eigenvalue weighted by Crippen LogP contribution is 2.61. The molecule has 2 nitrogen and oxygen atoms in total. The summed E-state index contributed by atoms with van der Waals surface area (Å²) in [7, 11) is 0. The third-order valence-electron chi connectivity index (χ3n) is 5.17. The number of ether oxygens (including phenoxy) is 1. The van der Waals surface area contributed by atoms with Crippen LogP contribution in [-0.4, -0.2) is 19.8 Å². The van der Waals surface area contributed by atoms with E-state index in [1.807, 2.05) is 0 Å². The molecule has 0 atom stereocenters. The Morgan fingerprint density at radius 3 is 2.00 bits per heavy atom. The lowest BCUT2D eigenvalue weighted by Gasteiger charge is -2.57. The van der Waals surface area contributed by atoms with E-state index >= 15 is 0 Å². The lowest BCUT2D eigenvalue weighted by Crippen LogP contribution is -2.46. The molecule has 4 aliphatic carbocycles. The van der Waals surface area contributed by atoms with Crippen molar-refractivity contribution in [3.8, 4) is 0 Å². The summed E-state index contributed by atoms with van der Waals surface area (Å²) in [5.74, 6) is 3.10. The summed E-state index contributed by atoms with van der Waals surface area (Å²) in [5, 5.41) is 10.3. The van der Waals surface area contributed by atoms with Crippen LogP contribution in [0.2, 0.25) is 0 Å². The third-order valence-corrected chi connectivity index (χ3v) is 5.17. The van der Waals surface area contributed by atoms with Crippen LogP contribution < -0.4 is 0 Å². The van der Waals surface area contributed by atoms with Crippen molar-refractivity contribution in [2.45, 2.75) is 44.9 Å². The second-order valence-electron chi connectivity index (χ2n) is 6.48. The van der Waals surface area contributed by atoms with Crippen molar-refractivity contribution in [1.29, 1.82) is 0 Å². The van der Waals surface area contributed by atoms with Crippen molar-refractivity contribution in [3.63, 3.8) is 0 Å². The zero-order valence-electron chi connectivity index (χ0n) is 10.1. The summed E-state index contributed by atoms with van der Waals surface area (Å²) in [6, 6.07) is 0. The van der Waals surface area contributed by atoms with Crippen LogP contribution in [0.1, 0.15) is 44.9 Å². The van der Waals surface area contributed by atoms with Gasteiger partial charge in [0.2, 0.25) is 0 Å². The fourth-order valence-corrected chi connectivity index (χ4v) is 5.05. The molecule has 0 spiro atoms. The molecular formula is C14H23O2. The summed E-state index contributed by atoms with van der Waals surface area (Å²) in [4.78, 5) is 0. The van der Waals surface area contributed by atoms with Crippen LogP contribution in [0.4, 0.5) is 0 Å². The molecule has 0 amide bonds. The normalized spacial score (nSPS) is 45.2. The first-order valence-corrected chi connectivity index (χ1v) is 6.95. The molecule has 0 N–H and O–H groups in total. The maximum atomic E-state index is 10.3. The molecule has 4 bridgehead atoms. The van der Waals surface area contributed by atoms with E-state index in [2.05, 4.69) is 0 Å². The van der Waals surface area contributed by atoms with Gasteiger partial charge in [0.1, 0.15) is 6.61 Å². The van der Waals surface area contributed by atoms with Gasteiger partial charge in [0, 0.05) is 6.61 Å². The van der Waals surface area contributed by atoms with Crippen LogP contribution in [0.25, 0.3) is 0 Å². The first-order valence-electron chi connectivity index (χ1n) is 6.95. The predicted octanol–water partition coefficient (Wildman–Crippen LogP) is 3.04. The van der Waals surface area contributed by atoms with Crippen molar-refractivity contribution in [2.75, 3.05) is 19.8 Å². The van der Waals surface area contributed by atoms with E-state index in [4.69, 9.17) is 4.74 Å². The Morgan fingerprint density at radius 1 is 0.938 bits per heavy atom. The predicted molar refractivity (Wildman–Crippen MR) is 61.6 cm³/mol. The monoisotopic (exact) mass is 223 g/mol. The van der Waals surface area contributed by atoms with Crippen LogP contribution in [0, 0.1) is 23.2 Å². The van der Waals surface area contributed by atoms with Crippen LogP contribution in [0.15, 0.2) is 0 Å². The SMILES string of the molecule is [O]CCOCCC12CC3CC(CC(C3)C1)C2. The molecule has 4 rings (SSSR count). The maximum absolute atomic E-state index is 10.3. The second-order valence-corrected chi connectivity index (χ2v) is 6.48. The third kappa shape index (κ3) is 2.02. The molecule has 4 saturated carbocycles. The lowest BCUT2D eigenvalue weighted by atomic mass is 9.49. The largest absolute Gasteiger partial charge is 0.379 e. The average Bonchev–Trinajstić information content (AvgIpc) is 2.22. The highest BCUT2D eigenvalue weighted by Gasteiger charge is 2.50. The fraction of sp³-hybridized carbons (Fsp3) is 1.00. The van der Waals surface area contributed by atoms with Crippen LogP contribution in [0.3, 0.4) is 0 Å². The molecule has 1 radical (unpaired) electrons. The molecule has 0 aromatic heterocycles. The highest BCUT2D eigenvalue weighted by atomic mass is 16.5. The Morgan fingerprint density at radius 2 is 1.50 bits per heavy atom. The Bertz CT molecular complexity index is 214. The Kier molecular flexibility index (Phi) is 2.97. The van der Waals surface area contributed by atoms with Crippen molar-refractivity contribution in [3.05, 3.63) is 0 Å². The van der Waals surface area contributed by atoms with Crippen molar-refractivity contribution in [1.82, 2.24) is 0 Å². The quantitative estimate of drug-likeness (QED) is 0.659. The summed E-state index contributed by atoms with van der Waals surface area (Å²) < 4.78 is 5.41. The highest BCUT2D eigenvalue weighted by molar-refractivity contribution is 5.01. The first-order chi connectivity index (χ1) is 7.80. The van der Waals surface area contributed by atoms with Gasteiger partial charge >= 0.3 is 0 Å². The zero-order chi connectivity index (χ0) is 11.0. The molecule has 0 saturated heterocycles. The molecule has 4 aliphatic rings. The summed E-state index contributed by atoms with van der Waals surface area (Å²) in [6.45, 7) is 1.15. The van der Waals surface area contributed by atoms with E-state index in [1.54, 1.807) is 0 Å². The zero-order valence-corrected chi connectivity index (χ0v) is 10.1. The van der Waals surface area contributed by atoms with E-state index < -0.39 is 0 Å². The first kappa shape index (κ1) is 11.0. The Balaban J connectivity index is 1.56. The van der Waals surface area contributed by atoms with Gasteiger partial charge in [-0.05, 0) is 68.1 Å². The molecule has 0 heterocycles. The minimum atomic E-state index is -0.0825. The molecule has 0 aromatic carbocycles. The van der Waals surface area contributed by atoms with E-state index in [1.165, 1.54) is 44.9 Å². The Labute approximate surface area is 98.4 Å². The van der Waals surface area contributed by atoms with Crippen LogP contribution >= 0.6 is 0 Å². The van der Waals surface area contributed by atoms with Crippen molar-refractivity contribution >= 4 is 0 Å². The van der Waals surface area contributed by atoms with Gasteiger partial charge in [-0.1, -0.05) is 0 Å². The summed E-state index contributed by atoms with van der Waals surface area (Å²) in [6.07, 6.45) is 10.1. The Hall–Kier alpha value is -0.0800. The number of rotatable bonds is 5. The molecule has 16 heavy (non-hydrogen) atoms. The fourth-order valence-electron chi connectivity index (χ4n) is 5.05.